The van der Waals surface area contributed by atoms with Gasteiger partial charge in [-0.3, -0.25) is 4.79 Å². The molecule has 138 valence electrons. The smallest absolute Gasteiger partial charge is 0.337 e. The SMILES string of the molecule is COC(=O)c1ccc(Cl)c(NC(=O)C(C)Oc2cc(C)c(Cl)c(C)c2)c1. The van der Waals surface area contributed by atoms with Gasteiger partial charge in [-0.1, -0.05) is 23.2 Å². The Morgan fingerprint density at radius 3 is 2.27 bits per heavy atom. The number of ether oxygens (including phenoxy) is 2. The summed E-state index contributed by atoms with van der Waals surface area (Å²) < 4.78 is 10.4. The number of esters is 1. The van der Waals surface area contributed by atoms with Gasteiger partial charge in [0, 0.05) is 5.02 Å². The second-order valence-corrected chi connectivity index (χ2v) is 6.59. The summed E-state index contributed by atoms with van der Waals surface area (Å²) in [6, 6.07) is 8.02. The van der Waals surface area contributed by atoms with Gasteiger partial charge in [-0.25, -0.2) is 4.79 Å². The zero-order chi connectivity index (χ0) is 19.4. The molecule has 0 saturated heterocycles. The van der Waals surface area contributed by atoms with Crippen LogP contribution in [0.2, 0.25) is 10.0 Å². The first-order chi connectivity index (χ1) is 12.2. The molecule has 0 aliphatic rings. The maximum absolute atomic E-state index is 12.4. The van der Waals surface area contributed by atoms with Crippen LogP contribution in [-0.2, 0) is 9.53 Å². The minimum absolute atomic E-state index is 0.282. The molecule has 2 rings (SSSR count). The summed E-state index contributed by atoms with van der Waals surface area (Å²) in [5, 5.41) is 3.63. The topological polar surface area (TPSA) is 64.6 Å². The molecule has 5 nitrogen and oxygen atoms in total. The zero-order valence-electron chi connectivity index (χ0n) is 14.9. The van der Waals surface area contributed by atoms with E-state index in [2.05, 4.69) is 10.1 Å². The lowest BCUT2D eigenvalue weighted by Gasteiger charge is -2.17. The van der Waals surface area contributed by atoms with E-state index in [-0.39, 0.29) is 5.56 Å². The molecule has 0 fully saturated rings. The van der Waals surface area contributed by atoms with Gasteiger partial charge in [-0.05, 0) is 62.2 Å². The average molecular weight is 396 g/mol. The first kappa shape index (κ1) is 20.1. The van der Waals surface area contributed by atoms with Crippen LogP contribution in [-0.4, -0.2) is 25.1 Å². The number of amides is 1. The van der Waals surface area contributed by atoms with Crippen molar-refractivity contribution in [3.8, 4) is 5.75 Å². The van der Waals surface area contributed by atoms with E-state index in [1.165, 1.54) is 25.3 Å². The minimum atomic E-state index is -0.784. The van der Waals surface area contributed by atoms with Crippen LogP contribution in [0.1, 0.15) is 28.4 Å². The Hall–Kier alpha value is -2.24. The molecule has 7 heteroatoms. The molecular formula is C19H19Cl2NO4. The molecule has 1 amide bonds. The van der Waals surface area contributed by atoms with E-state index in [0.717, 1.165) is 11.1 Å². The molecule has 2 aromatic carbocycles. The molecule has 0 radical (unpaired) electrons. The third-order valence-corrected chi connectivity index (χ3v) is 4.66. The Bertz CT molecular complexity index is 828. The number of nitrogens with one attached hydrogen (secondary N) is 1. The maximum Gasteiger partial charge on any atom is 0.337 e. The number of hydrogen-bond donors (Lipinski definition) is 1. The Morgan fingerprint density at radius 1 is 1.08 bits per heavy atom. The summed E-state index contributed by atoms with van der Waals surface area (Å²) in [5.41, 5.74) is 2.31. The summed E-state index contributed by atoms with van der Waals surface area (Å²) in [5.74, 6) is -0.380. The molecule has 0 heterocycles. The van der Waals surface area contributed by atoms with Crippen molar-refractivity contribution in [3.63, 3.8) is 0 Å². The number of rotatable bonds is 5. The van der Waals surface area contributed by atoms with Gasteiger partial charge in [-0.15, -0.1) is 0 Å². The number of hydrogen-bond acceptors (Lipinski definition) is 4. The monoisotopic (exact) mass is 395 g/mol. The molecule has 1 N–H and O–H groups in total. The molecule has 0 aliphatic carbocycles. The molecular weight excluding hydrogens is 377 g/mol. The van der Waals surface area contributed by atoms with Crippen molar-refractivity contribution in [3.05, 3.63) is 57.1 Å². The van der Waals surface area contributed by atoms with Crippen molar-refractivity contribution in [2.24, 2.45) is 0 Å². The van der Waals surface area contributed by atoms with Crippen LogP contribution in [0.4, 0.5) is 5.69 Å². The summed E-state index contributed by atoms with van der Waals surface area (Å²) in [7, 11) is 1.28. The van der Waals surface area contributed by atoms with Crippen molar-refractivity contribution in [2.45, 2.75) is 26.9 Å². The molecule has 1 atom stereocenters. The highest BCUT2D eigenvalue weighted by Crippen LogP contribution is 2.27. The summed E-state index contributed by atoms with van der Waals surface area (Å²) in [6.07, 6.45) is -0.784. The fourth-order valence-electron chi connectivity index (χ4n) is 2.33. The van der Waals surface area contributed by atoms with E-state index < -0.39 is 18.0 Å². The van der Waals surface area contributed by atoms with Crippen molar-refractivity contribution >= 4 is 40.8 Å². The van der Waals surface area contributed by atoms with E-state index in [9.17, 15) is 9.59 Å². The third-order valence-electron chi connectivity index (χ3n) is 3.74. The Labute approximate surface area is 162 Å². The van der Waals surface area contributed by atoms with E-state index >= 15 is 0 Å². The average Bonchev–Trinajstić information content (AvgIpc) is 2.60. The van der Waals surface area contributed by atoms with Gasteiger partial charge in [0.2, 0.25) is 0 Å². The number of carbonyl (C=O) groups is 2. The highest BCUT2D eigenvalue weighted by molar-refractivity contribution is 6.34. The molecule has 2 aromatic rings. The molecule has 26 heavy (non-hydrogen) atoms. The summed E-state index contributed by atoms with van der Waals surface area (Å²) in [4.78, 5) is 24.0. The van der Waals surface area contributed by atoms with Crippen LogP contribution in [0, 0.1) is 13.8 Å². The van der Waals surface area contributed by atoms with Gasteiger partial charge >= 0.3 is 5.97 Å². The van der Waals surface area contributed by atoms with Gasteiger partial charge < -0.3 is 14.8 Å². The van der Waals surface area contributed by atoms with Gasteiger partial charge in [-0.2, -0.15) is 0 Å². The van der Waals surface area contributed by atoms with Gasteiger partial charge in [0.1, 0.15) is 5.75 Å². The molecule has 0 aliphatic heterocycles. The van der Waals surface area contributed by atoms with Gasteiger partial charge in [0.25, 0.3) is 5.91 Å². The number of methoxy groups -OCH3 is 1. The van der Waals surface area contributed by atoms with Gasteiger partial charge in [0.15, 0.2) is 6.10 Å². The predicted octanol–water partition coefficient (Wildman–Crippen LogP) is 4.80. The Balaban J connectivity index is 2.13. The van der Waals surface area contributed by atoms with Crippen LogP contribution in [0.5, 0.6) is 5.75 Å². The van der Waals surface area contributed by atoms with Crippen molar-refractivity contribution in [2.75, 3.05) is 12.4 Å². The first-order valence-electron chi connectivity index (χ1n) is 7.85. The molecule has 0 bridgehead atoms. The number of aryl methyl sites for hydroxylation is 2. The molecule has 0 saturated carbocycles. The molecule has 0 spiro atoms. The zero-order valence-corrected chi connectivity index (χ0v) is 16.4. The second kappa shape index (κ2) is 8.43. The first-order valence-corrected chi connectivity index (χ1v) is 8.60. The molecule has 1 unspecified atom stereocenters. The predicted molar refractivity (Wildman–Crippen MR) is 102 cm³/mol. The number of anilines is 1. The standard InChI is InChI=1S/C19H19Cl2NO4/c1-10-7-14(8-11(2)17(10)21)26-12(3)18(23)22-16-9-13(19(24)25-4)5-6-15(16)20/h5-9,12H,1-4H3,(H,22,23). The lowest BCUT2D eigenvalue weighted by atomic mass is 10.1. The lowest BCUT2D eigenvalue weighted by molar-refractivity contribution is -0.122. The highest BCUT2D eigenvalue weighted by atomic mass is 35.5. The minimum Gasteiger partial charge on any atom is -0.481 e. The fourth-order valence-corrected chi connectivity index (χ4v) is 2.61. The quantitative estimate of drug-likeness (QED) is 0.738. The van der Waals surface area contributed by atoms with Crippen molar-refractivity contribution in [1.29, 1.82) is 0 Å². The molecule has 0 aromatic heterocycles. The van der Waals surface area contributed by atoms with Gasteiger partial charge in [0.05, 0.1) is 23.4 Å². The lowest BCUT2D eigenvalue weighted by Crippen LogP contribution is -2.30. The van der Waals surface area contributed by atoms with Crippen molar-refractivity contribution < 1.29 is 19.1 Å². The normalized spacial score (nSPS) is 11.6. The van der Waals surface area contributed by atoms with E-state index in [4.69, 9.17) is 27.9 Å². The Morgan fingerprint density at radius 2 is 1.69 bits per heavy atom. The number of carbonyl (C=O) groups excluding carboxylic acids is 2. The maximum atomic E-state index is 12.4. The van der Waals surface area contributed by atoms with Crippen LogP contribution in [0.25, 0.3) is 0 Å². The fraction of sp³-hybridized carbons (Fsp3) is 0.263. The largest absolute Gasteiger partial charge is 0.481 e. The van der Waals surface area contributed by atoms with E-state index in [1.54, 1.807) is 19.1 Å². The van der Waals surface area contributed by atoms with E-state index in [1.807, 2.05) is 13.8 Å². The number of benzene rings is 2. The van der Waals surface area contributed by atoms with Crippen LogP contribution in [0.15, 0.2) is 30.3 Å². The van der Waals surface area contributed by atoms with Crippen LogP contribution < -0.4 is 10.1 Å². The number of halogens is 2. The van der Waals surface area contributed by atoms with E-state index in [0.29, 0.717) is 21.5 Å². The third kappa shape index (κ3) is 4.68. The summed E-state index contributed by atoms with van der Waals surface area (Å²) >= 11 is 12.2. The second-order valence-electron chi connectivity index (χ2n) is 5.81. The van der Waals surface area contributed by atoms with Crippen molar-refractivity contribution in [1.82, 2.24) is 0 Å². The van der Waals surface area contributed by atoms with Crippen LogP contribution >= 0.6 is 23.2 Å². The summed E-state index contributed by atoms with van der Waals surface area (Å²) in [6.45, 7) is 5.35. The highest BCUT2D eigenvalue weighted by Gasteiger charge is 2.18. The van der Waals surface area contributed by atoms with Crippen LogP contribution in [0.3, 0.4) is 0 Å². The Kier molecular flexibility index (Phi) is 6.51.